The Balaban J connectivity index is 0.00000231. The topological polar surface area (TPSA) is 50.6 Å². The molecule has 0 saturated carbocycles. The van der Waals surface area contributed by atoms with Gasteiger partial charge in [0.1, 0.15) is 6.10 Å². The van der Waals surface area contributed by atoms with Crippen LogP contribution >= 0.6 is 12.4 Å². The fraction of sp³-hybridized carbons (Fsp3) is 0.417. The second kappa shape index (κ2) is 8.99. The number of aromatic nitrogens is 2. The van der Waals surface area contributed by atoms with E-state index in [1.807, 2.05) is 54.5 Å². The van der Waals surface area contributed by atoms with Crippen LogP contribution in [0.2, 0.25) is 0 Å². The largest absolute Gasteiger partial charge is 0.360 e. The van der Waals surface area contributed by atoms with Crippen molar-refractivity contribution in [3.8, 4) is 0 Å². The summed E-state index contributed by atoms with van der Waals surface area (Å²) in [6.07, 6.45) is 3.42. The summed E-state index contributed by atoms with van der Waals surface area (Å²) in [4.78, 5) is 21.6. The SMILES string of the molecule is CC1OC2(CCN(CCn3cnc4ccccc43)CC2)CN(c2ccccc2)C1=O.Cl. The number of para-hydroxylation sites is 3. The number of hydrogen-bond acceptors (Lipinski definition) is 4. The first-order chi connectivity index (χ1) is 14.6. The molecule has 0 N–H and O–H groups in total. The average molecular weight is 441 g/mol. The van der Waals surface area contributed by atoms with Gasteiger partial charge in [-0.15, -0.1) is 12.4 Å². The predicted molar refractivity (Wildman–Crippen MR) is 125 cm³/mol. The van der Waals surface area contributed by atoms with Gasteiger partial charge in [-0.3, -0.25) is 4.79 Å². The Morgan fingerprint density at radius 2 is 1.74 bits per heavy atom. The van der Waals surface area contributed by atoms with Crippen LogP contribution in [0.25, 0.3) is 11.0 Å². The minimum absolute atomic E-state index is 0. The van der Waals surface area contributed by atoms with E-state index >= 15 is 0 Å². The Hall–Kier alpha value is -2.41. The molecule has 2 aromatic carbocycles. The summed E-state index contributed by atoms with van der Waals surface area (Å²) in [5.74, 6) is 0.0567. The highest BCUT2D eigenvalue weighted by Gasteiger charge is 2.45. The molecule has 0 radical (unpaired) electrons. The van der Waals surface area contributed by atoms with Crippen LogP contribution in [-0.2, 0) is 16.1 Å². The molecule has 3 heterocycles. The predicted octanol–water partition coefficient (Wildman–Crippen LogP) is 3.74. The van der Waals surface area contributed by atoms with Gasteiger partial charge in [0.05, 0.1) is 29.5 Å². The molecule has 7 heteroatoms. The quantitative estimate of drug-likeness (QED) is 0.620. The van der Waals surface area contributed by atoms with E-state index in [1.165, 1.54) is 5.52 Å². The molecule has 2 saturated heterocycles. The molecule has 2 aliphatic rings. The Bertz CT molecular complexity index is 1030. The number of carbonyl (C=O) groups excluding carboxylic acids is 1. The Kier molecular flexibility index (Phi) is 6.32. The number of carbonyl (C=O) groups is 1. The third-order valence-corrected chi connectivity index (χ3v) is 6.51. The van der Waals surface area contributed by atoms with Crippen molar-refractivity contribution in [2.45, 2.75) is 38.0 Å². The lowest BCUT2D eigenvalue weighted by atomic mass is 9.88. The second-order valence-electron chi connectivity index (χ2n) is 8.47. The van der Waals surface area contributed by atoms with E-state index in [4.69, 9.17) is 4.74 Å². The van der Waals surface area contributed by atoms with Gasteiger partial charge in [-0.1, -0.05) is 30.3 Å². The van der Waals surface area contributed by atoms with Crippen molar-refractivity contribution in [3.05, 3.63) is 60.9 Å². The number of benzene rings is 2. The van der Waals surface area contributed by atoms with Crippen molar-refractivity contribution in [3.63, 3.8) is 0 Å². The zero-order chi connectivity index (χ0) is 20.6. The standard InChI is InChI=1S/C24H28N4O2.ClH/c1-19-23(29)28(20-7-3-2-4-8-20)17-24(30-19)11-13-26(14-12-24)15-16-27-18-25-21-9-5-6-10-22(21)27;/h2-10,18-19H,11-17H2,1H3;1H. The zero-order valence-electron chi connectivity index (χ0n) is 17.8. The molecule has 6 nitrogen and oxygen atoms in total. The number of rotatable bonds is 4. The van der Waals surface area contributed by atoms with Crippen LogP contribution in [0.5, 0.6) is 0 Å². The van der Waals surface area contributed by atoms with Gasteiger partial charge in [0.25, 0.3) is 5.91 Å². The monoisotopic (exact) mass is 440 g/mol. The van der Waals surface area contributed by atoms with Crippen molar-refractivity contribution >= 4 is 35.0 Å². The maximum absolute atomic E-state index is 12.7. The van der Waals surface area contributed by atoms with E-state index in [9.17, 15) is 4.79 Å². The molecule has 31 heavy (non-hydrogen) atoms. The van der Waals surface area contributed by atoms with Crippen molar-refractivity contribution in [1.29, 1.82) is 0 Å². The lowest BCUT2D eigenvalue weighted by Gasteiger charge is -2.49. The van der Waals surface area contributed by atoms with Gasteiger partial charge in [-0.2, -0.15) is 0 Å². The van der Waals surface area contributed by atoms with E-state index in [-0.39, 0.29) is 23.9 Å². The first kappa shape index (κ1) is 21.8. The summed E-state index contributed by atoms with van der Waals surface area (Å²) in [5.41, 5.74) is 2.95. The Labute approximate surface area is 189 Å². The normalized spacial score (nSPS) is 21.4. The van der Waals surface area contributed by atoms with E-state index in [1.54, 1.807) is 0 Å². The van der Waals surface area contributed by atoms with Gasteiger partial charge >= 0.3 is 0 Å². The number of amides is 1. The first-order valence-corrected chi connectivity index (χ1v) is 10.8. The number of halogens is 1. The van der Waals surface area contributed by atoms with E-state index in [0.717, 1.165) is 50.2 Å². The number of nitrogens with zero attached hydrogens (tertiary/aromatic N) is 4. The van der Waals surface area contributed by atoms with Gasteiger partial charge < -0.3 is 19.1 Å². The maximum Gasteiger partial charge on any atom is 0.255 e. The Morgan fingerprint density at radius 1 is 1.03 bits per heavy atom. The highest BCUT2D eigenvalue weighted by molar-refractivity contribution is 5.97. The summed E-state index contributed by atoms with van der Waals surface area (Å²) >= 11 is 0. The van der Waals surface area contributed by atoms with Crippen molar-refractivity contribution in [1.82, 2.24) is 14.5 Å². The van der Waals surface area contributed by atoms with Crippen LogP contribution in [0.1, 0.15) is 19.8 Å². The van der Waals surface area contributed by atoms with E-state index in [0.29, 0.717) is 6.54 Å². The smallest absolute Gasteiger partial charge is 0.255 e. The molecule has 3 aromatic rings. The minimum atomic E-state index is -0.400. The lowest BCUT2D eigenvalue weighted by Crippen LogP contribution is -2.61. The molecular weight excluding hydrogens is 412 g/mol. The number of imidazole rings is 1. The van der Waals surface area contributed by atoms with Crippen LogP contribution < -0.4 is 4.90 Å². The molecule has 164 valence electrons. The second-order valence-corrected chi connectivity index (χ2v) is 8.47. The molecule has 1 amide bonds. The van der Waals surface area contributed by atoms with Crippen LogP contribution in [0.15, 0.2) is 60.9 Å². The number of likely N-dealkylation sites (tertiary alicyclic amines) is 1. The molecule has 1 aromatic heterocycles. The number of morpholine rings is 1. The van der Waals surface area contributed by atoms with Crippen molar-refractivity contribution < 1.29 is 9.53 Å². The molecule has 5 rings (SSSR count). The number of fused-ring (bicyclic) bond motifs is 1. The van der Waals surface area contributed by atoms with Crippen LogP contribution in [0.4, 0.5) is 5.69 Å². The number of anilines is 1. The van der Waals surface area contributed by atoms with Crippen molar-refractivity contribution in [2.24, 2.45) is 0 Å². The van der Waals surface area contributed by atoms with Gasteiger partial charge in [0.15, 0.2) is 0 Å². The summed E-state index contributed by atoms with van der Waals surface area (Å²) in [6, 6.07) is 18.2. The molecule has 1 atom stereocenters. The highest BCUT2D eigenvalue weighted by atomic mass is 35.5. The van der Waals surface area contributed by atoms with Crippen LogP contribution in [0.3, 0.4) is 0 Å². The molecule has 0 bridgehead atoms. The molecule has 2 aliphatic heterocycles. The minimum Gasteiger partial charge on any atom is -0.360 e. The fourth-order valence-corrected chi connectivity index (χ4v) is 4.77. The van der Waals surface area contributed by atoms with Crippen molar-refractivity contribution in [2.75, 3.05) is 31.1 Å². The summed E-state index contributed by atoms with van der Waals surface area (Å²) in [5, 5.41) is 0. The lowest BCUT2D eigenvalue weighted by molar-refractivity contribution is -0.161. The van der Waals surface area contributed by atoms with Crippen LogP contribution in [0, 0.1) is 0 Å². The van der Waals surface area contributed by atoms with Gasteiger partial charge in [-0.05, 0) is 44.0 Å². The summed E-state index contributed by atoms with van der Waals surface area (Å²) in [6.45, 7) is 6.41. The highest BCUT2D eigenvalue weighted by Crippen LogP contribution is 2.35. The maximum atomic E-state index is 12.7. The van der Waals surface area contributed by atoms with Gasteiger partial charge in [0.2, 0.25) is 0 Å². The van der Waals surface area contributed by atoms with Gasteiger partial charge in [-0.25, -0.2) is 4.98 Å². The summed E-state index contributed by atoms with van der Waals surface area (Å²) in [7, 11) is 0. The Morgan fingerprint density at radius 3 is 2.52 bits per heavy atom. The average Bonchev–Trinajstić information content (AvgIpc) is 3.20. The molecule has 1 unspecified atom stereocenters. The molecule has 0 aliphatic carbocycles. The third-order valence-electron chi connectivity index (χ3n) is 6.51. The van der Waals surface area contributed by atoms with Gasteiger partial charge in [0, 0.05) is 31.9 Å². The molecule has 2 fully saturated rings. The van der Waals surface area contributed by atoms with E-state index < -0.39 is 6.10 Å². The van der Waals surface area contributed by atoms with E-state index in [2.05, 4.69) is 32.7 Å². The molecule has 1 spiro atoms. The third kappa shape index (κ3) is 4.33. The summed E-state index contributed by atoms with van der Waals surface area (Å²) < 4.78 is 8.53. The number of hydrogen-bond donors (Lipinski definition) is 0. The number of ether oxygens (including phenoxy) is 1. The number of piperidine rings is 1. The first-order valence-electron chi connectivity index (χ1n) is 10.8. The zero-order valence-corrected chi connectivity index (χ0v) is 18.6. The molecular formula is C24H29ClN4O2. The van der Waals surface area contributed by atoms with Crippen LogP contribution in [-0.4, -0.2) is 58.2 Å². The fourth-order valence-electron chi connectivity index (χ4n) is 4.77.